The summed E-state index contributed by atoms with van der Waals surface area (Å²) >= 11 is 0. The van der Waals surface area contributed by atoms with E-state index in [1.54, 1.807) is 4.90 Å². The van der Waals surface area contributed by atoms with Gasteiger partial charge in [0.2, 0.25) is 0 Å². The Bertz CT molecular complexity index is 1110. The molecule has 2 fully saturated rings. The summed E-state index contributed by atoms with van der Waals surface area (Å²) in [4.78, 5) is 47.8. The number of hydrogen-bond donors (Lipinski definition) is 1. The third-order valence-corrected chi connectivity index (χ3v) is 8.14. The number of fused-ring (bicyclic) bond motifs is 1. The first kappa shape index (κ1) is 26.0. The van der Waals surface area contributed by atoms with Gasteiger partial charge in [-0.3, -0.25) is 9.78 Å². The quantitative estimate of drug-likeness (QED) is 0.585. The van der Waals surface area contributed by atoms with E-state index >= 15 is 0 Å². The molecular weight excluding hydrogens is 482 g/mol. The summed E-state index contributed by atoms with van der Waals surface area (Å²) in [6, 6.07) is 12.0. The van der Waals surface area contributed by atoms with Crippen LogP contribution in [0.2, 0.25) is 0 Å². The van der Waals surface area contributed by atoms with Crippen LogP contribution in [0.25, 0.3) is 0 Å². The highest BCUT2D eigenvalue weighted by Crippen LogP contribution is 2.26. The number of hydrogen-bond acceptors (Lipinski definition) is 6. The van der Waals surface area contributed by atoms with Crippen LogP contribution in [0.15, 0.2) is 48.8 Å². The monoisotopic (exact) mass is 519 g/mol. The Labute approximate surface area is 224 Å². The molecule has 0 atom stereocenters. The fourth-order valence-electron chi connectivity index (χ4n) is 5.80. The zero-order valence-electron chi connectivity index (χ0n) is 21.9. The van der Waals surface area contributed by atoms with Crippen molar-refractivity contribution in [2.24, 2.45) is 5.92 Å². The normalized spacial score (nSPS) is 18.9. The molecule has 3 aliphatic rings. The van der Waals surface area contributed by atoms with Crippen molar-refractivity contribution in [2.45, 2.75) is 51.0 Å². The van der Waals surface area contributed by atoms with Crippen LogP contribution in [0.5, 0.6) is 0 Å². The third kappa shape index (κ3) is 6.44. The number of likely N-dealkylation sites (tertiary alicyclic amines) is 1. The standard InChI is InChI=1S/C29H37N5O4/c35-26(6-5-22-9-16-32(17-10-22)24-7-14-30-15-8-24)21-38-29(37)33-18-12-25(13-19-33)34-20-11-23-3-1-2-4-27(23)31-28(34)36/h1-4,7-8,14-15,22,25H,5-6,9-13,16-21H2,(H,31,36). The van der Waals surface area contributed by atoms with E-state index in [2.05, 4.69) is 15.2 Å². The molecule has 0 saturated carbocycles. The minimum Gasteiger partial charge on any atom is -0.441 e. The lowest BCUT2D eigenvalue weighted by molar-refractivity contribution is -0.122. The molecule has 3 aliphatic heterocycles. The molecule has 0 bridgehead atoms. The largest absolute Gasteiger partial charge is 0.441 e. The zero-order chi connectivity index (χ0) is 26.3. The first-order chi connectivity index (χ1) is 18.6. The number of aromatic nitrogens is 1. The number of urea groups is 1. The molecule has 5 rings (SSSR count). The summed E-state index contributed by atoms with van der Waals surface area (Å²) in [6.45, 7) is 3.51. The number of carbonyl (C=O) groups excluding carboxylic acids is 3. The number of pyridine rings is 1. The molecule has 202 valence electrons. The molecule has 1 N–H and O–H groups in total. The predicted molar refractivity (Wildman–Crippen MR) is 145 cm³/mol. The first-order valence-corrected chi connectivity index (χ1v) is 13.8. The maximum absolute atomic E-state index is 12.8. The summed E-state index contributed by atoms with van der Waals surface area (Å²) in [7, 11) is 0. The molecule has 9 heteroatoms. The van der Waals surface area contributed by atoms with Crippen LogP contribution in [0.1, 0.15) is 44.1 Å². The molecule has 38 heavy (non-hydrogen) atoms. The van der Waals surface area contributed by atoms with Crippen molar-refractivity contribution in [3.05, 3.63) is 54.4 Å². The summed E-state index contributed by atoms with van der Waals surface area (Å²) in [6.07, 6.45) is 8.81. The van der Waals surface area contributed by atoms with Crippen LogP contribution in [0, 0.1) is 5.92 Å². The minimum absolute atomic E-state index is 0.0226. The molecule has 0 aliphatic carbocycles. The summed E-state index contributed by atoms with van der Waals surface area (Å²) in [5, 5.41) is 3.02. The lowest BCUT2D eigenvalue weighted by Crippen LogP contribution is -2.50. The average Bonchev–Trinajstić information content (AvgIpc) is 3.13. The van der Waals surface area contributed by atoms with Gasteiger partial charge in [0.1, 0.15) is 0 Å². The highest BCUT2D eigenvalue weighted by atomic mass is 16.6. The topological polar surface area (TPSA) is 95.1 Å². The Morgan fingerprint density at radius 3 is 2.45 bits per heavy atom. The molecule has 1 aromatic carbocycles. The van der Waals surface area contributed by atoms with Crippen molar-refractivity contribution in [1.29, 1.82) is 0 Å². The van der Waals surface area contributed by atoms with E-state index in [9.17, 15) is 14.4 Å². The van der Waals surface area contributed by atoms with E-state index in [0.717, 1.165) is 50.0 Å². The number of ether oxygens (including phenoxy) is 1. The van der Waals surface area contributed by atoms with E-state index in [1.807, 2.05) is 53.7 Å². The van der Waals surface area contributed by atoms with E-state index < -0.39 is 6.09 Å². The van der Waals surface area contributed by atoms with Gasteiger partial charge in [0.15, 0.2) is 12.4 Å². The number of piperidine rings is 2. The van der Waals surface area contributed by atoms with E-state index in [-0.39, 0.29) is 24.5 Å². The SMILES string of the molecule is O=C(CCC1CCN(c2ccncc2)CC1)COC(=O)N1CCC(N2CCc3ccccc3NC2=O)CC1. The molecule has 2 saturated heterocycles. The van der Waals surface area contributed by atoms with Gasteiger partial charge in [-0.15, -0.1) is 0 Å². The van der Waals surface area contributed by atoms with Gasteiger partial charge in [-0.25, -0.2) is 9.59 Å². The smallest absolute Gasteiger partial charge is 0.410 e. The van der Waals surface area contributed by atoms with Gasteiger partial charge in [-0.05, 0) is 68.2 Å². The number of carbonyl (C=O) groups is 3. The summed E-state index contributed by atoms with van der Waals surface area (Å²) in [5.74, 6) is 0.501. The molecule has 0 radical (unpaired) electrons. The Morgan fingerprint density at radius 2 is 1.68 bits per heavy atom. The molecule has 0 spiro atoms. The zero-order valence-corrected chi connectivity index (χ0v) is 21.9. The van der Waals surface area contributed by atoms with Crippen molar-refractivity contribution in [2.75, 3.05) is 49.5 Å². The van der Waals surface area contributed by atoms with Gasteiger partial charge in [-0.1, -0.05) is 18.2 Å². The van der Waals surface area contributed by atoms with Crippen molar-refractivity contribution >= 4 is 29.3 Å². The summed E-state index contributed by atoms with van der Waals surface area (Å²) < 4.78 is 5.35. The fourth-order valence-corrected chi connectivity index (χ4v) is 5.80. The minimum atomic E-state index is -0.435. The van der Waals surface area contributed by atoms with Gasteiger partial charge >= 0.3 is 12.1 Å². The Morgan fingerprint density at radius 1 is 0.947 bits per heavy atom. The predicted octanol–water partition coefficient (Wildman–Crippen LogP) is 4.34. The molecule has 0 unspecified atom stereocenters. The molecule has 3 amide bonds. The maximum Gasteiger partial charge on any atom is 0.410 e. The highest BCUT2D eigenvalue weighted by molar-refractivity contribution is 5.91. The lowest BCUT2D eigenvalue weighted by Gasteiger charge is -2.37. The summed E-state index contributed by atoms with van der Waals surface area (Å²) in [5.41, 5.74) is 3.22. The van der Waals surface area contributed by atoms with Crippen LogP contribution in [-0.2, 0) is 16.0 Å². The second-order valence-corrected chi connectivity index (χ2v) is 10.5. The Hall–Kier alpha value is -3.62. The second-order valence-electron chi connectivity index (χ2n) is 10.5. The van der Waals surface area contributed by atoms with Gasteiger partial charge in [0.25, 0.3) is 0 Å². The number of benzene rings is 1. The molecule has 2 aromatic rings. The number of nitrogens with one attached hydrogen (secondary N) is 1. The number of amides is 3. The van der Waals surface area contributed by atoms with Crippen molar-refractivity contribution in [3.8, 4) is 0 Å². The van der Waals surface area contributed by atoms with Crippen LogP contribution < -0.4 is 10.2 Å². The first-order valence-electron chi connectivity index (χ1n) is 13.8. The van der Waals surface area contributed by atoms with Gasteiger partial charge in [0.05, 0.1) is 0 Å². The molecule has 4 heterocycles. The number of ketones is 1. The van der Waals surface area contributed by atoms with Crippen LogP contribution in [-0.4, -0.2) is 78.1 Å². The van der Waals surface area contributed by atoms with Crippen molar-refractivity contribution in [3.63, 3.8) is 0 Å². The van der Waals surface area contributed by atoms with Crippen molar-refractivity contribution < 1.29 is 19.1 Å². The van der Waals surface area contributed by atoms with E-state index in [4.69, 9.17) is 4.74 Å². The fraction of sp³-hybridized carbons (Fsp3) is 0.517. The lowest BCUT2D eigenvalue weighted by atomic mass is 9.91. The van der Waals surface area contributed by atoms with E-state index in [0.29, 0.717) is 44.8 Å². The number of rotatable bonds is 7. The van der Waals surface area contributed by atoms with Crippen LogP contribution in [0.3, 0.4) is 0 Å². The van der Waals surface area contributed by atoms with Gasteiger partial charge in [-0.2, -0.15) is 0 Å². The van der Waals surface area contributed by atoms with Crippen LogP contribution >= 0.6 is 0 Å². The Kier molecular flexibility index (Phi) is 8.41. The Balaban J connectivity index is 0.984. The number of nitrogens with zero attached hydrogens (tertiary/aromatic N) is 4. The third-order valence-electron chi connectivity index (χ3n) is 8.14. The highest BCUT2D eigenvalue weighted by Gasteiger charge is 2.32. The maximum atomic E-state index is 12.8. The average molecular weight is 520 g/mol. The van der Waals surface area contributed by atoms with Crippen molar-refractivity contribution in [1.82, 2.24) is 14.8 Å². The second kappa shape index (κ2) is 12.3. The number of anilines is 2. The molecule has 9 nitrogen and oxygen atoms in total. The number of Topliss-reactive ketones (excluding diaryl/α,β-unsaturated/α-hetero) is 1. The van der Waals surface area contributed by atoms with Gasteiger partial charge < -0.3 is 24.8 Å². The number of para-hydroxylation sites is 1. The molecule has 1 aromatic heterocycles. The van der Waals surface area contributed by atoms with Crippen LogP contribution in [0.4, 0.5) is 21.0 Å². The molecular formula is C29H37N5O4. The van der Waals surface area contributed by atoms with E-state index in [1.165, 1.54) is 5.69 Å². The van der Waals surface area contributed by atoms with Gasteiger partial charge in [0, 0.05) is 69.0 Å².